The van der Waals surface area contributed by atoms with Gasteiger partial charge in [-0.1, -0.05) is 24.3 Å². The van der Waals surface area contributed by atoms with Crippen LogP contribution in [0.15, 0.2) is 64.4 Å². The smallest absolute Gasteiger partial charge is 0.278 e. The highest BCUT2D eigenvalue weighted by Crippen LogP contribution is 2.39. The van der Waals surface area contributed by atoms with Crippen molar-refractivity contribution in [3.05, 3.63) is 93.4 Å². The lowest BCUT2D eigenvalue weighted by molar-refractivity contribution is -0.0197. The number of aromatic hydroxyl groups is 1. The molecule has 1 fully saturated rings. The van der Waals surface area contributed by atoms with Crippen molar-refractivity contribution in [3.63, 3.8) is 0 Å². The Kier molecular flexibility index (Phi) is 5.78. The molecule has 0 saturated carbocycles. The number of hydrogen-bond donors (Lipinski definition) is 1. The third-order valence-electron chi connectivity index (χ3n) is 6.13. The van der Waals surface area contributed by atoms with Crippen LogP contribution in [-0.2, 0) is 4.74 Å². The Labute approximate surface area is 198 Å². The topological polar surface area (TPSA) is 75.0 Å². The molecule has 3 aromatic rings. The van der Waals surface area contributed by atoms with Crippen molar-refractivity contribution in [1.82, 2.24) is 9.58 Å². The molecule has 7 nitrogen and oxygen atoms in total. The Morgan fingerprint density at radius 1 is 1.12 bits per heavy atom. The lowest BCUT2D eigenvalue weighted by atomic mass is 9.96. The van der Waals surface area contributed by atoms with Crippen LogP contribution in [0.3, 0.4) is 0 Å². The number of nitrogens with zero attached hydrogens (tertiary/aromatic N) is 3. The van der Waals surface area contributed by atoms with Gasteiger partial charge in [0.2, 0.25) is 5.43 Å². The van der Waals surface area contributed by atoms with Crippen molar-refractivity contribution >= 4 is 17.7 Å². The molecule has 176 valence electrons. The average molecular weight is 486 g/mol. The Balaban J connectivity index is 1.81. The number of carbonyl (C=O) groups is 1. The number of ether oxygens (including phenoxy) is 1. The van der Waals surface area contributed by atoms with Crippen molar-refractivity contribution in [2.75, 3.05) is 31.0 Å². The molecule has 0 radical (unpaired) electrons. The first kappa shape index (κ1) is 22.4. The summed E-state index contributed by atoms with van der Waals surface area (Å²) in [5.41, 5.74) is 0.356. The lowest BCUT2D eigenvalue weighted by Gasteiger charge is -2.51. The minimum atomic E-state index is -1.00. The molecule has 0 spiro atoms. The predicted octanol–water partition coefficient (Wildman–Crippen LogP) is 3.09. The van der Waals surface area contributed by atoms with E-state index in [0.29, 0.717) is 12.2 Å². The molecule has 1 amide bonds. The summed E-state index contributed by atoms with van der Waals surface area (Å²) in [7, 11) is 0. The molecule has 2 aliphatic heterocycles. The van der Waals surface area contributed by atoms with E-state index in [0.717, 1.165) is 22.6 Å². The van der Waals surface area contributed by atoms with E-state index in [-0.39, 0.29) is 18.8 Å². The summed E-state index contributed by atoms with van der Waals surface area (Å²) >= 11 is 1.49. The quantitative estimate of drug-likeness (QED) is 0.573. The second kappa shape index (κ2) is 8.77. The number of morpholine rings is 1. The number of rotatable bonds is 4. The van der Waals surface area contributed by atoms with Gasteiger partial charge in [0.25, 0.3) is 5.91 Å². The number of aromatic nitrogens is 1. The molecule has 34 heavy (non-hydrogen) atoms. The van der Waals surface area contributed by atoms with E-state index in [9.17, 15) is 23.5 Å². The van der Waals surface area contributed by atoms with Gasteiger partial charge in [0, 0.05) is 23.7 Å². The van der Waals surface area contributed by atoms with E-state index in [1.807, 2.05) is 30.5 Å². The zero-order valence-corrected chi connectivity index (χ0v) is 19.0. The van der Waals surface area contributed by atoms with Gasteiger partial charge in [-0.05, 0) is 35.6 Å². The molecule has 10 heteroatoms. The van der Waals surface area contributed by atoms with Crippen molar-refractivity contribution in [1.29, 1.82) is 0 Å². The van der Waals surface area contributed by atoms with E-state index in [1.165, 1.54) is 39.7 Å². The van der Waals surface area contributed by atoms with Crippen molar-refractivity contribution < 1.29 is 23.4 Å². The molecule has 1 saturated heterocycles. The molecule has 2 aromatic carbocycles. The molecular weight excluding hydrogens is 464 g/mol. The van der Waals surface area contributed by atoms with Gasteiger partial charge in [-0.3, -0.25) is 19.3 Å². The van der Waals surface area contributed by atoms with Crippen LogP contribution in [0.1, 0.15) is 27.7 Å². The highest BCUT2D eigenvalue weighted by Gasteiger charge is 2.45. The van der Waals surface area contributed by atoms with E-state index in [2.05, 4.69) is 0 Å². The molecule has 0 unspecified atom stereocenters. The normalized spacial score (nSPS) is 18.4. The van der Waals surface area contributed by atoms with Gasteiger partial charge in [0.15, 0.2) is 23.1 Å². The van der Waals surface area contributed by atoms with Crippen LogP contribution >= 0.6 is 11.8 Å². The molecule has 0 aliphatic carbocycles. The molecule has 2 aliphatic rings. The Morgan fingerprint density at radius 3 is 2.68 bits per heavy atom. The lowest BCUT2D eigenvalue weighted by Crippen LogP contribution is -2.66. The van der Waals surface area contributed by atoms with E-state index < -0.39 is 40.9 Å². The summed E-state index contributed by atoms with van der Waals surface area (Å²) in [6.45, 7) is 0.696. The fourth-order valence-corrected chi connectivity index (χ4v) is 5.21. The van der Waals surface area contributed by atoms with Gasteiger partial charge in [0.1, 0.15) is 6.17 Å². The number of hydrogen-bond acceptors (Lipinski definition) is 6. The van der Waals surface area contributed by atoms with Crippen LogP contribution in [0.2, 0.25) is 0 Å². The van der Waals surface area contributed by atoms with Crippen LogP contribution in [0.5, 0.6) is 5.75 Å². The Morgan fingerprint density at radius 2 is 1.91 bits per heavy atom. The minimum Gasteiger partial charge on any atom is -0.502 e. The monoisotopic (exact) mass is 485 g/mol. The second-order valence-electron chi connectivity index (χ2n) is 7.97. The highest BCUT2D eigenvalue weighted by molar-refractivity contribution is 7.98. The van der Waals surface area contributed by atoms with Crippen LogP contribution in [0.25, 0.3) is 0 Å². The van der Waals surface area contributed by atoms with Crippen molar-refractivity contribution in [2.24, 2.45) is 0 Å². The number of amides is 1. The first-order chi connectivity index (χ1) is 16.4. The van der Waals surface area contributed by atoms with Crippen LogP contribution in [0.4, 0.5) is 8.78 Å². The van der Waals surface area contributed by atoms with E-state index in [1.54, 1.807) is 5.01 Å². The van der Waals surface area contributed by atoms with Crippen molar-refractivity contribution in [2.45, 2.75) is 17.1 Å². The fourth-order valence-electron chi connectivity index (χ4n) is 4.58. The summed E-state index contributed by atoms with van der Waals surface area (Å²) in [6, 6.07) is 11.7. The molecule has 1 aromatic heterocycles. The maximum Gasteiger partial charge on any atom is 0.278 e. The van der Waals surface area contributed by atoms with Gasteiger partial charge < -0.3 is 14.7 Å². The molecule has 1 N–H and O–H groups in total. The zero-order chi connectivity index (χ0) is 24.0. The molecular formula is C24H21F2N3O4S. The molecule has 2 atom stereocenters. The number of halogens is 2. The third-order valence-corrected chi connectivity index (χ3v) is 6.94. The summed E-state index contributed by atoms with van der Waals surface area (Å²) in [5, 5.41) is 12.3. The molecule has 0 bridgehead atoms. The number of benzene rings is 2. The highest BCUT2D eigenvalue weighted by atomic mass is 32.2. The summed E-state index contributed by atoms with van der Waals surface area (Å²) < 4.78 is 35.4. The fraction of sp³-hybridized carbons (Fsp3) is 0.250. The first-order valence-corrected chi connectivity index (χ1v) is 11.8. The van der Waals surface area contributed by atoms with Gasteiger partial charge >= 0.3 is 0 Å². The molecule has 3 heterocycles. The summed E-state index contributed by atoms with van der Waals surface area (Å²) in [6.07, 6.45) is 2.70. The van der Waals surface area contributed by atoms with Gasteiger partial charge in [0.05, 0.1) is 19.3 Å². The standard InChI is InChI=1S/C24H21F2N3O4S/c1-34-19-5-3-2-4-15(19)21(14-6-7-16(25)17(26)12-14)29-20-13-33-11-10-27(20)24(32)22-23(31)18(30)8-9-28(22)29/h2-9,12,20-21,31H,10-11,13H2,1H3/t20-,21-/m1/s1. The number of thioether (sulfide) groups is 1. The van der Waals surface area contributed by atoms with E-state index in [4.69, 9.17) is 4.74 Å². The van der Waals surface area contributed by atoms with Gasteiger partial charge in [-0.2, -0.15) is 0 Å². The SMILES string of the molecule is CSc1ccccc1[C@@H](c1ccc(F)c(F)c1)N1[C@@H]2COCCN2C(=O)c2c(O)c(=O)ccn21. The van der Waals surface area contributed by atoms with Crippen molar-refractivity contribution in [3.8, 4) is 5.75 Å². The number of carbonyl (C=O) groups excluding carboxylic acids is 1. The van der Waals surface area contributed by atoms with Gasteiger partial charge in [-0.25, -0.2) is 8.78 Å². The van der Waals surface area contributed by atoms with Crippen LogP contribution in [0, 0.1) is 11.6 Å². The van der Waals surface area contributed by atoms with Crippen LogP contribution < -0.4 is 10.4 Å². The Hall–Kier alpha value is -3.37. The maximum absolute atomic E-state index is 14.4. The predicted molar refractivity (Wildman–Crippen MR) is 123 cm³/mol. The number of fused-ring (bicyclic) bond motifs is 2. The number of pyridine rings is 1. The maximum atomic E-state index is 14.4. The average Bonchev–Trinajstić information content (AvgIpc) is 2.85. The van der Waals surface area contributed by atoms with Crippen LogP contribution in [-0.4, -0.2) is 52.8 Å². The Bertz CT molecular complexity index is 1330. The van der Waals surface area contributed by atoms with Gasteiger partial charge in [-0.15, -0.1) is 11.8 Å². The zero-order valence-electron chi connectivity index (χ0n) is 18.1. The summed E-state index contributed by atoms with van der Waals surface area (Å²) in [4.78, 5) is 27.9. The second-order valence-corrected chi connectivity index (χ2v) is 8.82. The largest absolute Gasteiger partial charge is 0.502 e. The van der Waals surface area contributed by atoms with E-state index >= 15 is 0 Å². The minimum absolute atomic E-state index is 0.152. The third kappa shape index (κ3) is 3.54. The summed E-state index contributed by atoms with van der Waals surface area (Å²) in [5.74, 6) is -3.14. The first-order valence-electron chi connectivity index (χ1n) is 10.6. The molecule has 5 rings (SSSR count).